The van der Waals surface area contributed by atoms with Crippen molar-refractivity contribution in [2.75, 3.05) is 5.32 Å². The minimum absolute atomic E-state index is 0.369. The zero-order chi connectivity index (χ0) is 12.2. The van der Waals surface area contributed by atoms with Crippen LogP contribution in [0.1, 0.15) is 26.3 Å². The molecule has 16 heavy (non-hydrogen) atoms. The molecule has 0 aromatic heterocycles. The first kappa shape index (κ1) is 12.5. The molecule has 1 amide bonds. The van der Waals surface area contributed by atoms with Gasteiger partial charge in [0, 0.05) is 11.3 Å². The molecule has 1 rings (SSSR count). The molecular formula is C12H16NO3. The molecule has 1 aromatic rings. The van der Waals surface area contributed by atoms with Gasteiger partial charge in [0.25, 0.3) is 0 Å². The molecule has 0 unspecified atom stereocenters. The minimum atomic E-state index is -0.548. The van der Waals surface area contributed by atoms with Gasteiger partial charge in [0.15, 0.2) is 0 Å². The number of para-hydroxylation sites is 1. The second kappa shape index (κ2) is 4.99. The predicted molar refractivity (Wildman–Crippen MR) is 60.7 cm³/mol. The first-order valence-electron chi connectivity index (χ1n) is 5.08. The van der Waals surface area contributed by atoms with E-state index >= 15 is 0 Å². The first-order chi connectivity index (χ1) is 7.42. The Kier molecular flexibility index (Phi) is 3.90. The van der Waals surface area contributed by atoms with Gasteiger partial charge in [-0.1, -0.05) is 18.2 Å². The van der Waals surface area contributed by atoms with Gasteiger partial charge in [-0.15, -0.1) is 0 Å². The quantitative estimate of drug-likeness (QED) is 0.836. The van der Waals surface area contributed by atoms with Gasteiger partial charge in [-0.2, -0.15) is 0 Å². The van der Waals surface area contributed by atoms with Crippen molar-refractivity contribution < 1.29 is 14.6 Å². The minimum Gasteiger partial charge on any atom is -0.444 e. The van der Waals surface area contributed by atoms with Crippen LogP contribution in [-0.4, -0.2) is 11.7 Å². The Morgan fingerprint density at radius 2 is 1.94 bits per heavy atom. The summed E-state index contributed by atoms with van der Waals surface area (Å²) in [4.78, 5) is 11.5. The number of benzene rings is 1. The molecule has 0 fully saturated rings. The Morgan fingerprint density at radius 3 is 2.50 bits per heavy atom. The number of rotatable bonds is 2. The van der Waals surface area contributed by atoms with Gasteiger partial charge < -0.3 is 4.74 Å². The van der Waals surface area contributed by atoms with Crippen LogP contribution in [0.2, 0.25) is 0 Å². The van der Waals surface area contributed by atoms with Crippen LogP contribution in [0.25, 0.3) is 0 Å². The summed E-state index contributed by atoms with van der Waals surface area (Å²) in [6, 6.07) is 6.87. The highest BCUT2D eigenvalue weighted by Crippen LogP contribution is 2.16. The Hall–Kier alpha value is -1.55. The van der Waals surface area contributed by atoms with Gasteiger partial charge in [-0.05, 0) is 26.8 Å². The highest BCUT2D eigenvalue weighted by atomic mass is 16.6. The van der Waals surface area contributed by atoms with Crippen molar-refractivity contribution in [2.45, 2.75) is 33.0 Å². The second-order valence-corrected chi connectivity index (χ2v) is 4.43. The summed E-state index contributed by atoms with van der Waals surface area (Å²) in [6.07, 6.45) is -0.548. The lowest BCUT2D eigenvalue weighted by atomic mass is 10.2. The molecule has 0 heterocycles. The number of carbonyl (C=O) groups is 1. The normalized spacial score (nSPS) is 11.0. The number of hydrogen-bond donors (Lipinski definition) is 1. The van der Waals surface area contributed by atoms with E-state index in [1.165, 1.54) is 0 Å². The van der Waals surface area contributed by atoms with Gasteiger partial charge in [0.05, 0.1) is 0 Å². The largest absolute Gasteiger partial charge is 0.444 e. The number of carbonyl (C=O) groups excluding carboxylic acids is 1. The van der Waals surface area contributed by atoms with Gasteiger partial charge in [-0.3, -0.25) is 5.32 Å². The third-order valence-electron chi connectivity index (χ3n) is 1.81. The molecule has 1 N–H and O–H groups in total. The van der Waals surface area contributed by atoms with E-state index in [1.807, 2.05) is 0 Å². The van der Waals surface area contributed by atoms with E-state index in [9.17, 15) is 9.90 Å². The third-order valence-corrected chi connectivity index (χ3v) is 1.81. The molecule has 0 atom stereocenters. The van der Waals surface area contributed by atoms with E-state index in [0.717, 1.165) is 0 Å². The molecule has 0 spiro atoms. The van der Waals surface area contributed by atoms with Crippen LogP contribution in [0.3, 0.4) is 0 Å². The van der Waals surface area contributed by atoms with E-state index in [-0.39, 0.29) is 6.61 Å². The molecule has 87 valence electrons. The summed E-state index contributed by atoms with van der Waals surface area (Å²) in [6.45, 7) is 4.98. The second-order valence-electron chi connectivity index (χ2n) is 4.43. The van der Waals surface area contributed by atoms with Crippen LogP contribution in [0, 0.1) is 0 Å². The maximum atomic E-state index is 11.5. The Bertz CT molecular complexity index is 369. The summed E-state index contributed by atoms with van der Waals surface area (Å²) in [5, 5.41) is 13.4. The van der Waals surface area contributed by atoms with Crippen molar-refractivity contribution in [1.29, 1.82) is 0 Å². The Balaban J connectivity index is 2.70. The molecule has 0 aliphatic heterocycles. The van der Waals surface area contributed by atoms with Crippen LogP contribution in [0.15, 0.2) is 24.3 Å². The lowest BCUT2D eigenvalue weighted by Gasteiger charge is -2.20. The van der Waals surface area contributed by atoms with E-state index in [2.05, 4.69) is 5.32 Å². The Labute approximate surface area is 95.2 Å². The molecule has 0 aliphatic carbocycles. The summed E-state index contributed by atoms with van der Waals surface area (Å²) in [7, 11) is 0. The van der Waals surface area contributed by atoms with Crippen LogP contribution < -0.4 is 5.32 Å². The summed E-state index contributed by atoms with van der Waals surface area (Å²) in [5.74, 6) is 0. The molecule has 0 saturated heterocycles. The van der Waals surface area contributed by atoms with Gasteiger partial charge in [0.1, 0.15) is 12.2 Å². The van der Waals surface area contributed by atoms with E-state index < -0.39 is 11.7 Å². The number of amides is 1. The number of anilines is 1. The third kappa shape index (κ3) is 3.90. The molecule has 0 bridgehead atoms. The first-order valence-corrected chi connectivity index (χ1v) is 5.08. The predicted octanol–water partition coefficient (Wildman–Crippen LogP) is 2.96. The van der Waals surface area contributed by atoms with Crippen molar-refractivity contribution >= 4 is 11.8 Å². The maximum Gasteiger partial charge on any atom is 0.412 e. The van der Waals surface area contributed by atoms with E-state index in [4.69, 9.17) is 4.74 Å². The number of ether oxygens (including phenoxy) is 1. The summed E-state index contributed by atoms with van der Waals surface area (Å²) >= 11 is 0. The topological polar surface area (TPSA) is 58.2 Å². The van der Waals surface area contributed by atoms with Gasteiger partial charge >= 0.3 is 6.09 Å². The standard InChI is InChI=1S/C12H16NO3/c1-12(2,3)16-11(15)13-10-7-5-4-6-9(10)8-14/h4-7H,8H2,1-3H3,(H,13,15). The van der Waals surface area contributed by atoms with E-state index in [0.29, 0.717) is 11.3 Å². The molecule has 0 saturated carbocycles. The average Bonchev–Trinajstić information content (AvgIpc) is 2.15. The molecular weight excluding hydrogens is 206 g/mol. The monoisotopic (exact) mass is 222 g/mol. The van der Waals surface area contributed by atoms with Crippen LogP contribution in [0.4, 0.5) is 10.5 Å². The lowest BCUT2D eigenvalue weighted by molar-refractivity contribution is 0.0635. The SMILES string of the molecule is CC(C)(C)OC(=O)Nc1ccccc1C[O]. The highest BCUT2D eigenvalue weighted by Gasteiger charge is 2.16. The molecule has 1 aromatic carbocycles. The van der Waals surface area contributed by atoms with Crippen molar-refractivity contribution in [2.24, 2.45) is 0 Å². The number of nitrogens with one attached hydrogen (secondary N) is 1. The summed E-state index contributed by atoms with van der Waals surface area (Å²) < 4.78 is 5.09. The molecule has 0 aliphatic rings. The Morgan fingerprint density at radius 1 is 1.31 bits per heavy atom. The van der Waals surface area contributed by atoms with E-state index in [1.54, 1.807) is 45.0 Å². The van der Waals surface area contributed by atoms with Gasteiger partial charge in [-0.25, -0.2) is 9.90 Å². The van der Waals surface area contributed by atoms with Crippen molar-refractivity contribution in [3.8, 4) is 0 Å². The van der Waals surface area contributed by atoms with Gasteiger partial charge in [0.2, 0.25) is 0 Å². The lowest BCUT2D eigenvalue weighted by Crippen LogP contribution is -2.27. The molecule has 4 heteroatoms. The smallest absolute Gasteiger partial charge is 0.412 e. The average molecular weight is 222 g/mol. The zero-order valence-electron chi connectivity index (χ0n) is 9.74. The number of hydrogen-bond acceptors (Lipinski definition) is 2. The molecule has 4 nitrogen and oxygen atoms in total. The highest BCUT2D eigenvalue weighted by molar-refractivity contribution is 5.85. The fourth-order valence-corrected chi connectivity index (χ4v) is 1.18. The van der Waals surface area contributed by atoms with Crippen molar-refractivity contribution in [3.05, 3.63) is 29.8 Å². The molecule has 1 radical (unpaired) electrons. The summed E-state index contributed by atoms with van der Waals surface area (Å²) in [5.41, 5.74) is 0.511. The zero-order valence-corrected chi connectivity index (χ0v) is 9.74. The maximum absolute atomic E-state index is 11.5. The van der Waals surface area contributed by atoms with Crippen LogP contribution in [0.5, 0.6) is 0 Å². The van der Waals surface area contributed by atoms with Crippen molar-refractivity contribution in [3.63, 3.8) is 0 Å². The fourth-order valence-electron chi connectivity index (χ4n) is 1.18. The van der Waals surface area contributed by atoms with Crippen LogP contribution >= 0.6 is 0 Å². The fraction of sp³-hybridized carbons (Fsp3) is 0.417. The van der Waals surface area contributed by atoms with Crippen LogP contribution in [-0.2, 0) is 16.5 Å². The van der Waals surface area contributed by atoms with Crippen molar-refractivity contribution in [1.82, 2.24) is 0 Å².